The summed E-state index contributed by atoms with van der Waals surface area (Å²) in [4.78, 5) is 15.7. The molecule has 0 N–H and O–H groups in total. The van der Waals surface area contributed by atoms with Crippen molar-refractivity contribution >= 4 is 97.2 Å². The number of hydrogen-bond acceptors (Lipinski definition) is 6. The van der Waals surface area contributed by atoms with Crippen LogP contribution in [0.25, 0.3) is 148 Å². The molecule has 0 radical (unpaired) electrons. The normalized spacial score (nSPS) is 12.0. The zero-order valence-electron chi connectivity index (χ0n) is 37.3. The van der Waals surface area contributed by atoms with Crippen molar-refractivity contribution in [3.8, 4) is 62.1 Å². The van der Waals surface area contributed by atoms with E-state index in [1.54, 1.807) is 0 Å². The lowest BCUT2D eigenvalue weighted by molar-refractivity contribution is 0.669. The SMILES string of the molecule is c1ccc(-c2nc(-c3cccc(-n4c5ccccc5c5ccccc54)c3)nc(-c3cccc4oc5ccc(-c6cccc7oc8c(-c9ccc%10c(c9)sc9ccccc9%10)cccc8c67)cc5c34)n2)cc1. The molecule has 0 atom stereocenters. The predicted molar refractivity (Wildman–Crippen MR) is 289 cm³/mol. The fourth-order valence-corrected chi connectivity index (χ4v) is 11.9. The Morgan fingerprint density at radius 1 is 0.329 bits per heavy atom. The third-order valence-electron chi connectivity index (χ3n) is 13.9. The van der Waals surface area contributed by atoms with E-state index in [0.29, 0.717) is 17.5 Å². The third-order valence-corrected chi connectivity index (χ3v) is 15.0. The van der Waals surface area contributed by atoms with E-state index in [4.69, 9.17) is 23.8 Å². The molecule has 10 aromatic carbocycles. The fraction of sp³-hybridized carbons (Fsp3) is 0. The van der Waals surface area contributed by atoms with Gasteiger partial charge in [-0.1, -0.05) is 158 Å². The molecular weight excluding hydrogens is 877 g/mol. The molecule has 0 aliphatic heterocycles. The highest BCUT2D eigenvalue weighted by Gasteiger charge is 2.22. The summed E-state index contributed by atoms with van der Waals surface area (Å²) in [7, 11) is 0. The van der Waals surface area contributed by atoms with Crippen LogP contribution >= 0.6 is 11.3 Å². The van der Waals surface area contributed by atoms with Gasteiger partial charge in [0.1, 0.15) is 22.3 Å². The van der Waals surface area contributed by atoms with E-state index in [1.807, 2.05) is 53.8 Å². The number of fused-ring (bicyclic) bond motifs is 12. The Morgan fingerprint density at radius 2 is 0.914 bits per heavy atom. The van der Waals surface area contributed by atoms with E-state index < -0.39 is 0 Å². The molecule has 0 bridgehead atoms. The second-order valence-corrected chi connectivity index (χ2v) is 18.9. The molecule has 0 saturated heterocycles. The minimum atomic E-state index is 0.564. The Kier molecular flexibility index (Phi) is 8.43. The van der Waals surface area contributed by atoms with Crippen LogP contribution in [0.2, 0.25) is 0 Å². The van der Waals surface area contributed by atoms with Crippen molar-refractivity contribution in [3.63, 3.8) is 0 Å². The number of para-hydroxylation sites is 3. The number of thiophene rings is 1. The number of benzene rings is 10. The largest absolute Gasteiger partial charge is 0.456 e. The Balaban J connectivity index is 0.884. The lowest BCUT2D eigenvalue weighted by Crippen LogP contribution is -2.01. The molecule has 0 spiro atoms. The van der Waals surface area contributed by atoms with Gasteiger partial charge in [-0.25, -0.2) is 15.0 Å². The highest BCUT2D eigenvalue weighted by Crippen LogP contribution is 2.45. The quantitative estimate of drug-likeness (QED) is 0.166. The molecule has 7 heteroatoms. The van der Waals surface area contributed by atoms with Crippen molar-refractivity contribution < 1.29 is 8.83 Å². The first kappa shape index (κ1) is 38.9. The monoisotopic (exact) mass is 912 g/mol. The Bertz CT molecular complexity index is 4560. The topological polar surface area (TPSA) is 69.9 Å². The summed E-state index contributed by atoms with van der Waals surface area (Å²) < 4.78 is 18.3. The fourth-order valence-electron chi connectivity index (χ4n) is 10.7. The standard InChI is InChI=1S/C63H36N4O2S/c1-2-14-37(15-3-1)61-64-62(40-16-10-17-41(34-40)67-51-25-7-4-18-44(51)45-19-5-8-26-52(45)67)66-63(65-61)49-24-13-27-54-59(49)50-35-38(31-33-53(50)68-54)42-21-12-28-55-58(42)48-23-11-22-43(60(48)69-55)39-30-32-47-46-20-6-9-29-56(46)70-57(47)36-39/h1-36H. The molecule has 70 heavy (non-hydrogen) atoms. The van der Waals surface area contributed by atoms with Crippen LogP contribution in [0.3, 0.4) is 0 Å². The van der Waals surface area contributed by atoms with Gasteiger partial charge in [0.05, 0.1) is 11.0 Å². The van der Waals surface area contributed by atoms with E-state index in [-0.39, 0.29) is 0 Å². The van der Waals surface area contributed by atoms with Crippen molar-refractivity contribution in [2.75, 3.05) is 0 Å². The first-order chi connectivity index (χ1) is 34.7. The molecule has 0 aliphatic rings. The van der Waals surface area contributed by atoms with Crippen LogP contribution in [0.15, 0.2) is 227 Å². The summed E-state index contributed by atoms with van der Waals surface area (Å²) in [6, 6.07) is 76.6. The molecule has 0 amide bonds. The van der Waals surface area contributed by atoms with Crippen molar-refractivity contribution in [1.29, 1.82) is 0 Å². The first-order valence-electron chi connectivity index (χ1n) is 23.4. The van der Waals surface area contributed by atoms with Gasteiger partial charge in [-0.2, -0.15) is 0 Å². The summed E-state index contributed by atoms with van der Waals surface area (Å²) in [5, 5.41) is 9.06. The Hall–Kier alpha value is -9.17. The van der Waals surface area contributed by atoms with Gasteiger partial charge in [0.2, 0.25) is 0 Å². The molecule has 0 saturated carbocycles. The molecule has 326 valence electrons. The summed E-state index contributed by atoms with van der Waals surface area (Å²) in [5.41, 5.74) is 13.6. The average molecular weight is 913 g/mol. The molecule has 15 rings (SSSR count). The summed E-state index contributed by atoms with van der Waals surface area (Å²) in [5.74, 6) is 1.74. The molecule has 0 aliphatic carbocycles. The molecular formula is C63H36N4O2S. The minimum Gasteiger partial charge on any atom is -0.456 e. The van der Waals surface area contributed by atoms with Gasteiger partial charge in [-0.05, 0) is 77.4 Å². The zero-order chi connectivity index (χ0) is 45.9. The maximum Gasteiger partial charge on any atom is 0.164 e. The number of nitrogens with zero attached hydrogens (tertiary/aromatic N) is 4. The van der Waals surface area contributed by atoms with Crippen LogP contribution in [0.4, 0.5) is 0 Å². The van der Waals surface area contributed by atoms with Gasteiger partial charge in [0.25, 0.3) is 0 Å². The Morgan fingerprint density at radius 3 is 1.74 bits per heavy atom. The van der Waals surface area contributed by atoms with Crippen LogP contribution in [-0.4, -0.2) is 19.5 Å². The summed E-state index contributed by atoms with van der Waals surface area (Å²) in [6.07, 6.45) is 0. The molecule has 5 heterocycles. The van der Waals surface area contributed by atoms with Crippen LogP contribution < -0.4 is 0 Å². The van der Waals surface area contributed by atoms with Crippen LogP contribution in [-0.2, 0) is 0 Å². The molecule has 6 nitrogen and oxygen atoms in total. The predicted octanol–water partition coefficient (Wildman–Crippen LogP) is 17.5. The average Bonchev–Trinajstić information content (AvgIpc) is 4.20. The van der Waals surface area contributed by atoms with Crippen LogP contribution in [0.1, 0.15) is 0 Å². The van der Waals surface area contributed by atoms with E-state index >= 15 is 0 Å². The molecule has 5 aromatic heterocycles. The van der Waals surface area contributed by atoms with Gasteiger partial charge < -0.3 is 13.4 Å². The van der Waals surface area contributed by atoms with Crippen molar-refractivity contribution in [2.24, 2.45) is 0 Å². The van der Waals surface area contributed by atoms with Crippen LogP contribution in [0.5, 0.6) is 0 Å². The van der Waals surface area contributed by atoms with Gasteiger partial charge in [0.15, 0.2) is 17.5 Å². The molecule has 15 aromatic rings. The van der Waals surface area contributed by atoms with Crippen molar-refractivity contribution in [1.82, 2.24) is 19.5 Å². The third kappa shape index (κ3) is 5.95. The number of furan rings is 2. The number of aromatic nitrogens is 4. The van der Waals surface area contributed by atoms with E-state index in [1.165, 1.54) is 30.9 Å². The van der Waals surface area contributed by atoms with Crippen LogP contribution in [0, 0.1) is 0 Å². The van der Waals surface area contributed by atoms with Gasteiger partial charge in [-0.15, -0.1) is 11.3 Å². The van der Waals surface area contributed by atoms with Gasteiger partial charge in [-0.3, -0.25) is 0 Å². The van der Waals surface area contributed by atoms with Crippen molar-refractivity contribution in [2.45, 2.75) is 0 Å². The second-order valence-electron chi connectivity index (χ2n) is 17.9. The Labute approximate surface area is 404 Å². The zero-order valence-corrected chi connectivity index (χ0v) is 38.1. The highest BCUT2D eigenvalue weighted by molar-refractivity contribution is 7.25. The smallest absolute Gasteiger partial charge is 0.164 e. The maximum absolute atomic E-state index is 6.81. The summed E-state index contributed by atoms with van der Waals surface area (Å²) >= 11 is 1.83. The van der Waals surface area contributed by atoms with Gasteiger partial charge >= 0.3 is 0 Å². The van der Waals surface area contributed by atoms with E-state index in [2.05, 4.69) is 180 Å². The number of hydrogen-bond donors (Lipinski definition) is 0. The van der Waals surface area contributed by atoms with E-state index in [9.17, 15) is 0 Å². The summed E-state index contributed by atoms with van der Waals surface area (Å²) in [6.45, 7) is 0. The van der Waals surface area contributed by atoms with Crippen molar-refractivity contribution in [3.05, 3.63) is 218 Å². The lowest BCUT2D eigenvalue weighted by atomic mass is 9.95. The maximum atomic E-state index is 6.81. The molecule has 0 unspecified atom stereocenters. The first-order valence-corrected chi connectivity index (χ1v) is 24.2. The highest BCUT2D eigenvalue weighted by atomic mass is 32.1. The second kappa shape index (κ2) is 15.2. The van der Waals surface area contributed by atoms with E-state index in [0.717, 1.165) is 99.5 Å². The number of rotatable bonds is 6. The lowest BCUT2D eigenvalue weighted by Gasteiger charge is -2.12. The molecule has 0 fully saturated rings. The van der Waals surface area contributed by atoms with Gasteiger partial charge in [0, 0.05) is 80.4 Å². The minimum absolute atomic E-state index is 0.564.